The Kier molecular flexibility index (Phi) is 6.80. The number of hydrogen-bond acceptors (Lipinski definition) is 4. The molecule has 0 radical (unpaired) electrons. The van der Waals surface area contributed by atoms with E-state index in [0.29, 0.717) is 23.7 Å². The fourth-order valence-electron chi connectivity index (χ4n) is 4.89. The number of nitrogens with one attached hydrogen (secondary N) is 2. The normalized spacial score (nSPS) is 19.7. The fourth-order valence-corrected chi connectivity index (χ4v) is 4.89. The van der Waals surface area contributed by atoms with Gasteiger partial charge in [0.1, 0.15) is 0 Å². The number of amides is 2. The Morgan fingerprint density at radius 1 is 1.03 bits per heavy atom. The molecule has 2 N–H and O–H groups in total. The largest absolute Gasteiger partial charge is 0.371 e. The lowest BCUT2D eigenvalue weighted by Crippen LogP contribution is -2.35. The number of aromatic nitrogens is 1. The van der Waals surface area contributed by atoms with Crippen molar-refractivity contribution in [2.24, 2.45) is 11.8 Å². The summed E-state index contributed by atoms with van der Waals surface area (Å²) in [7, 11) is 0. The third kappa shape index (κ3) is 5.53. The number of pyridine rings is 1. The van der Waals surface area contributed by atoms with Crippen LogP contribution >= 0.6 is 0 Å². The van der Waals surface area contributed by atoms with Crippen LogP contribution in [-0.4, -0.2) is 29.9 Å². The first-order chi connectivity index (χ1) is 17.1. The maximum Gasteiger partial charge on any atom is 0.253 e. The molecule has 6 heteroatoms. The molecule has 2 unspecified atom stereocenters. The molecule has 35 heavy (non-hydrogen) atoms. The van der Waals surface area contributed by atoms with Crippen molar-refractivity contribution in [2.45, 2.75) is 38.6 Å². The quantitative estimate of drug-likeness (QED) is 0.512. The average Bonchev–Trinajstić information content (AvgIpc) is 3.70. The van der Waals surface area contributed by atoms with Crippen LogP contribution in [0.4, 0.5) is 11.4 Å². The standard InChI is InChI=1S/C29H32N4O2/c1-20-11-14-33(15-12-20)27-10-9-23(16-26(27)28(34)31-19-21-6-5-13-30-18-21)32-29(35)25-17-24(25)22-7-3-2-4-8-22/h2-10,13,16,18,20,24-25H,11-12,14-15,17,19H2,1H3,(H,31,34)(H,32,35). The Balaban J connectivity index is 1.32. The summed E-state index contributed by atoms with van der Waals surface area (Å²) in [5.74, 6) is 0.813. The van der Waals surface area contributed by atoms with Crippen molar-refractivity contribution < 1.29 is 9.59 Å². The van der Waals surface area contributed by atoms with E-state index in [1.54, 1.807) is 12.4 Å². The summed E-state index contributed by atoms with van der Waals surface area (Å²) in [4.78, 5) is 32.7. The third-order valence-corrected chi connectivity index (χ3v) is 7.16. The molecule has 2 heterocycles. The first-order valence-electron chi connectivity index (χ1n) is 12.5. The number of piperidine rings is 1. The Bertz CT molecular complexity index is 1170. The van der Waals surface area contributed by atoms with Crippen molar-refractivity contribution in [1.82, 2.24) is 10.3 Å². The SMILES string of the molecule is CC1CCN(c2ccc(NC(=O)C3CC3c3ccccc3)cc2C(=O)NCc2cccnc2)CC1. The van der Waals surface area contributed by atoms with Crippen LogP contribution in [0.25, 0.3) is 0 Å². The summed E-state index contributed by atoms with van der Waals surface area (Å²) in [6, 6.07) is 19.7. The number of anilines is 2. The van der Waals surface area contributed by atoms with Crippen molar-refractivity contribution in [1.29, 1.82) is 0 Å². The van der Waals surface area contributed by atoms with Crippen LogP contribution in [0, 0.1) is 11.8 Å². The predicted octanol–water partition coefficient (Wildman–Crippen LogP) is 4.99. The van der Waals surface area contributed by atoms with Gasteiger partial charge in [-0.3, -0.25) is 14.6 Å². The average molecular weight is 469 g/mol. The predicted molar refractivity (Wildman–Crippen MR) is 138 cm³/mol. The molecule has 1 aliphatic heterocycles. The van der Waals surface area contributed by atoms with Gasteiger partial charge in [0.2, 0.25) is 5.91 Å². The number of carbonyl (C=O) groups is 2. The van der Waals surface area contributed by atoms with Crippen molar-refractivity contribution in [3.8, 4) is 0 Å². The number of carbonyl (C=O) groups excluding carboxylic acids is 2. The maximum atomic E-state index is 13.3. The molecule has 0 bridgehead atoms. The summed E-state index contributed by atoms with van der Waals surface area (Å²) in [6.07, 6.45) is 6.55. The molecular weight excluding hydrogens is 436 g/mol. The minimum atomic E-state index is -0.146. The highest BCUT2D eigenvalue weighted by molar-refractivity contribution is 6.02. The smallest absolute Gasteiger partial charge is 0.253 e. The van der Waals surface area contributed by atoms with Gasteiger partial charge in [-0.25, -0.2) is 0 Å². The zero-order valence-electron chi connectivity index (χ0n) is 20.1. The van der Waals surface area contributed by atoms with E-state index < -0.39 is 0 Å². The van der Waals surface area contributed by atoms with Crippen LogP contribution < -0.4 is 15.5 Å². The van der Waals surface area contributed by atoms with E-state index >= 15 is 0 Å². The van der Waals surface area contributed by atoms with Gasteiger partial charge in [-0.1, -0.05) is 43.3 Å². The molecule has 2 atom stereocenters. The number of nitrogens with zero attached hydrogens (tertiary/aromatic N) is 2. The summed E-state index contributed by atoms with van der Waals surface area (Å²) >= 11 is 0. The molecule has 2 aliphatic rings. The van der Waals surface area contributed by atoms with Gasteiger partial charge in [0.05, 0.1) is 5.56 Å². The zero-order chi connectivity index (χ0) is 24.2. The molecule has 2 aromatic carbocycles. The molecule has 5 rings (SSSR count). The van der Waals surface area contributed by atoms with Crippen molar-refractivity contribution in [3.63, 3.8) is 0 Å². The fraction of sp³-hybridized carbons (Fsp3) is 0.345. The van der Waals surface area contributed by atoms with Gasteiger partial charge in [0.25, 0.3) is 5.91 Å². The van der Waals surface area contributed by atoms with E-state index in [-0.39, 0.29) is 23.7 Å². The monoisotopic (exact) mass is 468 g/mol. The topological polar surface area (TPSA) is 74.3 Å². The lowest BCUT2D eigenvalue weighted by molar-refractivity contribution is -0.117. The van der Waals surface area contributed by atoms with Gasteiger partial charge in [-0.05, 0) is 66.5 Å². The van der Waals surface area contributed by atoms with Gasteiger partial charge < -0.3 is 15.5 Å². The highest BCUT2D eigenvalue weighted by atomic mass is 16.2. The lowest BCUT2D eigenvalue weighted by Gasteiger charge is -2.33. The van der Waals surface area contributed by atoms with E-state index in [9.17, 15) is 9.59 Å². The number of hydrogen-bond donors (Lipinski definition) is 2. The summed E-state index contributed by atoms with van der Waals surface area (Å²) in [5.41, 5.74) is 4.33. The van der Waals surface area contributed by atoms with Crippen LogP contribution in [0.3, 0.4) is 0 Å². The molecule has 1 saturated heterocycles. The second-order valence-electron chi connectivity index (χ2n) is 9.79. The first-order valence-corrected chi connectivity index (χ1v) is 12.5. The van der Waals surface area contributed by atoms with Crippen LogP contribution in [0.2, 0.25) is 0 Å². The van der Waals surface area contributed by atoms with E-state index in [0.717, 1.165) is 43.6 Å². The number of rotatable bonds is 7. The second kappa shape index (κ2) is 10.3. The minimum absolute atomic E-state index is 0.0140. The molecule has 1 aliphatic carbocycles. The molecular formula is C29H32N4O2. The van der Waals surface area contributed by atoms with Crippen LogP contribution in [0.15, 0.2) is 73.1 Å². The zero-order valence-corrected chi connectivity index (χ0v) is 20.1. The lowest BCUT2D eigenvalue weighted by atomic mass is 9.97. The summed E-state index contributed by atoms with van der Waals surface area (Å²) < 4.78 is 0. The van der Waals surface area contributed by atoms with E-state index in [2.05, 4.69) is 39.6 Å². The van der Waals surface area contributed by atoms with Crippen LogP contribution in [-0.2, 0) is 11.3 Å². The molecule has 2 amide bonds. The number of benzene rings is 2. The molecule has 1 aromatic heterocycles. The molecule has 0 spiro atoms. The molecule has 2 fully saturated rings. The summed E-state index contributed by atoms with van der Waals surface area (Å²) in [5, 5.41) is 6.09. The third-order valence-electron chi connectivity index (χ3n) is 7.16. The first kappa shape index (κ1) is 23.1. The Labute approximate surface area is 206 Å². The molecule has 1 saturated carbocycles. The van der Waals surface area contributed by atoms with Gasteiger partial charge >= 0.3 is 0 Å². The Morgan fingerprint density at radius 3 is 2.57 bits per heavy atom. The Hall–Kier alpha value is -3.67. The minimum Gasteiger partial charge on any atom is -0.371 e. The van der Waals surface area contributed by atoms with E-state index in [4.69, 9.17) is 0 Å². The maximum absolute atomic E-state index is 13.3. The molecule has 180 valence electrons. The highest BCUT2D eigenvalue weighted by Crippen LogP contribution is 2.48. The van der Waals surface area contributed by atoms with E-state index in [1.807, 2.05) is 48.5 Å². The van der Waals surface area contributed by atoms with Crippen molar-refractivity contribution in [3.05, 3.63) is 89.7 Å². The van der Waals surface area contributed by atoms with E-state index in [1.165, 1.54) is 5.56 Å². The van der Waals surface area contributed by atoms with Gasteiger partial charge in [-0.2, -0.15) is 0 Å². The van der Waals surface area contributed by atoms with Gasteiger partial charge in [0.15, 0.2) is 0 Å². The van der Waals surface area contributed by atoms with Gasteiger partial charge in [0, 0.05) is 49.3 Å². The molecule has 6 nitrogen and oxygen atoms in total. The summed E-state index contributed by atoms with van der Waals surface area (Å²) in [6.45, 7) is 4.53. The van der Waals surface area contributed by atoms with Crippen molar-refractivity contribution >= 4 is 23.2 Å². The van der Waals surface area contributed by atoms with Gasteiger partial charge in [-0.15, -0.1) is 0 Å². The second-order valence-corrected chi connectivity index (χ2v) is 9.79. The van der Waals surface area contributed by atoms with Crippen LogP contribution in [0.1, 0.15) is 53.6 Å². The molecule has 3 aromatic rings. The van der Waals surface area contributed by atoms with Crippen LogP contribution in [0.5, 0.6) is 0 Å². The Morgan fingerprint density at radius 2 is 1.83 bits per heavy atom. The highest BCUT2D eigenvalue weighted by Gasteiger charge is 2.43. The van der Waals surface area contributed by atoms with Crippen molar-refractivity contribution in [2.75, 3.05) is 23.3 Å².